The fourth-order valence-electron chi connectivity index (χ4n) is 1.16. The first-order chi connectivity index (χ1) is 9.13. The number of ether oxygens (including phenoxy) is 3. The fraction of sp³-hybridized carbons (Fsp3) is 0.357. The second kappa shape index (κ2) is 8.57. The van der Waals surface area contributed by atoms with Crippen molar-refractivity contribution in [2.24, 2.45) is 0 Å². The molecule has 5 heteroatoms. The van der Waals surface area contributed by atoms with Gasteiger partial charge in [0.1, 0.15) is 5.75 Å². The van der Waals surface area contributed by atoms with E-state index in [1.165, 1.54) is 6.92 Å². The topological polar surface area (TPSA) is 44.8 Å². The number of hydrogen-bond donors (Lipinski definition) is 0. The molecule has 0 aromatic heterocycles. The summed E-state index contributed by atoms with van der Waals surface area (Å²) < 4.78 is 16.1. The van der Waals surface area contributed by atoms with Crippen LogP contribution in [0.5, 0.6) is 5.75 Å². The number of carbonyl (C=O) groups excluding carboxylic acids is 1. The zero-order chi connectivity index (χ0) is 14.1. The van der Waals surface area contributed by atoms with E-state index in [0.29, 0.717) is 12.4 Å². The quantitative estimate of drug-likeness (QED) is 0.361. The van der Waals surface area contributed by atoms with E-state index in [1.54, 1.807) is 6.07 Å². The van der Waals surface area contributed by atoms with Gasteiger partial charge in [0.25, 0.3) is 0 Å². The first kappa shape index (κ1) is 15.5. The summed E-state index contributed by atoms with van der Waals surface area (Å²) in [7, 11) is 0. The van der Waals surface area contributed by atoms with Crippen LogP contribution in [-0.4, -0.2) is 26.0 Å². The molecule has 0 N–H and O–H groups in total. The first-order valence-corrected chi connectivity index (χ1v) is 6.55. The van der Waals surface area contributed by atoms with Crippen LogP contribution in [0.1, 0.15) is 19.4 Å². The molecule has 19 heavy (non-hydrogen) atoms. The molecule has 1 aromatic rings. The van der Waals surface area contributed by atoms with Gasteiger partial charge in [0.2, 0.25) is 0 Å². The molecule has 0 saturated heterocycles. The number of esters is 1. The van der Waals surface area contributed by atoms with Crippen molar-refractivity contribution in [2.45, 2.75) is 13.8 Å². The summed E-state index contributed by atoms with van der Waals surface area (Å²) in [5.41, 5.74) is 0.779. The molecule has 1 aromatic carbocycles. The van der Waals surface area contributed by atoms with Crippen molar-refractivity contribution < 1.29 is 19.0 Å². The molecule has 1 rings (SSSR count). The molecule has 0 heterocycles. The molecular formula is C14H15BrO4. The van der Waals surface area contributed by atoms with Gasteiger partial charge in [0.05, 0.1) is 4.47 Å². The zero-order valence-corrected chi connectivity index (χ0v) is 12.5. The largest absolute Gasteiger partial charge is 0.466 e. The number of carbonyl (C=O) groups is 1. The zero-order valence-electron chi connectivity index (χ0n) is 10.9. The van der Waals surface area contributed by atoms with Gasteiger partial charge in [-0.25, -0.2) is 0 Å². The summed E-state index contributed by atoms with van der Waals surface area (Å²) in [5, 5.41) is 0. The maximum atomic E-state index is 10.6. The lowest BCUT2D eigenvalue weighted by molar-refractivity contribution is -0.139. The summed E-state index contributed by atoms with van der Waals surface area (Å²) in [6.45, 7) is 4.12. The highest BCUT2D eigenvalue weighted by Crippen LogP contribution is 2.25. The molecule has 0 amide bonds. The first-order valence-electron chi connectivity index (χ1n) is 5.75. The Balaban J connectivity index is 2.64. The van der Waals surface area contributed by atoms with E-state index in [2.05, 4.69) is 27.8 Å². The van der Waals surface area contributed by atoms with Crippen LogP contribution in [0.2, 0.25) is 0 Å². The second-order valence-corrected chi connectivity index (χ2v) is 4.34. The number of benzene rings is 1. The van der Waals surface area contributed by atoms with Crippen LogP contribution in [0.15, 0.2) is 22.7 Å². The molecule has 4 nitrogen and oxygen atoms in total. The van der Waals surface area contributed by atoms with Gasteiger partial charge in [-0.1, -0.05) is 11.8 Å². The molecule has 0 bridgehead atoms. The monoisotopic (exact) mass is 326 g/mol. The molecular weight excluding hydrogens is 312 g/mol. The lowest BCUT2D eigenvalue weighted by atomic mass is 10.2. The Morgan fingerprint density at radius 1 is 1.42 bits per heavy atom. The van der Waals surface area contributed by atoms with Crippen molar-refractivity contribution in [3.63, 3.8) is 0 Å². The Morgan fingerprint density at radius 3 is 2.89 bits per heavy atom. The fourth-order valence-corrected chi connectivity index (χ4v) is 1.52. The van der Waals surface area contributed by atoms with Gasteiger partial charge in [0, 0.05) is 19.1 Å². The van der Waals surface area contributed by atoms with E-state index in [0.717, 1.165) is 10.0 Å². The van der Waals surface area contributed by atoms with E-state index in [-0.39, 0.29) is 19.4 Å². The van der Waals surface area contributed by atoms with E-state index in [1.807, 2.05) is 19.1 Å². The average molecular weight is 327 g/mol. The smallest absolute Gasteiger partial charge is 0.303 e. The standard InChI is InChI=1S/C14H15BrO4/c1-3-17-10-19-14-9-12(6-7-13(14)15)5-4-8-18-11(2)16/h6-7,9H,3,8,10H2,1-2H3. The van der Waals surface area contributed by atoms with Gasteiger partial charge in [-0.15, -0.1) is 0 Å². The molecule has 0 radical (unpaired) electrons. The number of hydrogen-bond acceptors (Lipinski definition) is 4. The minimum absolute atomic E-state index is 0.0839. The van der Waals surface area contributed by atoms with Gasteiger partial charge in [-0.3, -0.25) is 4.79 Å². The van der Waals surface area contributed by atoms with Crippen molar-refractivity contribution in [2.75, 3.05) is 20.0 Å². The SMILES string of the molecule is CCOCOc1cc(C#CCOC(C)=O)ccc1Br. The third kappa shape index (κ3) is 6.27. The Bertz CT molecular complexity index is 488. The summed E-state index contributed by atoms with van der Waals surface area (Å²) in [4.78, 5) is 10.6. The van der Waals surface area contributed by atoms with Crippen LogP contribution in [0.3, 0.4) is 0 Å². The number of rotatable bonds is 5. The molecule has 0 aliphatic carbocycles. The van der Waals surface area contributed by atoms with Crippen LogP contribution in [-0.2, 0) is 14.3 Å². The maximum Gasteiger partial charge on any atom is 0.303 e. The molecule has 0 aliphatic rings. The maximum absolute atomic E-state index is 10.6. The summed E-state index contributed by atoms with van der Waals surface area (Å²) in [5.74, 6) is 5.96. The van der Waals surface area contributed by atoms with Gasteiger partial charge in [-0.05, 0) is 41.1 Å². The second-order valence-electron chi connectivity index (χ2n) is 3.48. The van der Waals surface area contributed by atoms with E-state index in [4.69, 9.17) is 14.2 Å². The lowest BCUT2D eigenvalue weighted by Gasteiger charge is -2.08. The summed E-state index contributed by atoms with van der Waals surface area (Å²) >= 11 is 3.39. The van der Waals surface area contributed by atoms with Crippen molar-refractivity contribution in [1.29, 1.82) is 0 Å². The lowest BCUT2D eigenvalue weighted by Crippen LogP contribution is -2.02. The van der Waals surface area contributed by atoms with Crippen LogP contribution >= 0.6 is 15.9 Å². The molecule has 0 atom stereocenters. The minimum atomic E-state index is -0.342. The van der Waals surface area contributed by atoms with Crippen molar-refractivity contribution in [3.05, 3.63) is 28.2 Å². The molecule has 0 fully saturated rings. The van der Waals surface area contributed by atoms with Crippen LogP contribution in [0.25, 0.3) is 0 Å². The van der Waals surface area contributed by atoms with Crippen LogP contribution < -0.4 is 4.74 Å². The van der Waals surface area contributed by atoms with Crippen LogP contribution in [0, 0.1) is 11.8 Å². The van der Waals surface area contributed by atoms with Crippen molar-refractivity contribution in [1.82, 2.24) is 0 Å². The number of halogens is 1. The predicted molar refractivity (Wildman–Crippen MR) is 74.8 cm³/mol. The Morgan fingerprint density at radius 2 is 2.21 bits per heavy atom. The van der Waals surface area contributed by atoms with Gasteiger partial charge >= 0.3 is 5.97 Å². The van der Waals surface area contributed by atoms with Crippen LogP contribution in [0.4, 0.5) is 0 Å². The van der Waals surface area contributed by atoms with E-state index in [9.17, 15) is 4.79 Å². The predicted octanol–water partition coefficient (Wildman–Crippen LogP) is 2.74. The van der Waals surface area contributed by atoms with Crippen molar-refractivity contribution >= 4 is 21.9 Å². The highest BCUT2D eigenvalue weighted by Gasteiger charge is 2.01. The third-order valence-corrected chi connectivity index (χ3v) is 2.67. The molecule has 0 spiro atoms. The molecule has 0 unspecified atom stereocenters. The summed E-state index contributed by atoms with van der Waals surface area (Å²) in [6.07, 6.45) is 0. The van der Waals surface area contributed by atoms with Crippen molar-refractivity contribution in [3.8, 4) is 17.6 Å². The third-order valence-electron chi connectivity index (χ3n) is 2.01. The Hall–Kier alpha value is -1.51. The van der Waals surface area contributed by atoms with Gasteiger partial charge in [0.15, 0.2) is 13.4 Å². The molecule has 0 saturated carbocycles. The normalized spacial score (nSPS) is 9.42. The van der Waals surface area contributed by atoms with Gasteiger partial charge in [-0.2, -0.15) is 0 Å². The summed E-state index contributed by atoms with van der Waals surface area (Å²) in [6, 6.07) is 5.49. The van der Waals surface area contributed by atoms with Gasteiger partial charge < -0.3 is 14.2 Å². The average Bonchev–Trinajstić information content (AvgIpc) is 2.38. The van der Waals surface area contributed by atoms with E-state index >= 15 is 0 Å². The molecule has 102 valence electrons. The Kier molecular flexibility index (Phi) is 7.01. The minimum Gasteiger partial charge on any atom is -0.466 e. The van der Waals surface area contributed by atoms with E-state index < -0.39 is 0 Å². The molecule has 0 aliphatic heterocycles. The highest BCUT2D eigenvalue weighted by molar-refractivity contribution is 9.10. The highest BCUT2D eigenvalue weighted by atomic mass is 79.9. The Labute approximate surface area is 121 Å².